The van der Waals surface area contributed by atoms with Gasteiger partial charge in [0.25, 0.3) is 0 Å². The molecule has 5 heteroatoms. The number of hydrogen-bond donors (Lipinski definition) is 1. The van der Waals surface area contributed by atoms with Gasteiger partial charge in [-0.25, -0.2) is 0 Å². The summed E-state index contributed by atoms with van der Waals surface area (Å²) in [5, 5.41) is 2.91. The third kappa shape index (κ3) is 3.23. The standard InChI is InChI=1S/C16H28N2O3/c1-5-14(19)18-13(15(20)17-11(2)3)10-21-16(18)8-6-12(4)7-9-16/h11-13H,5-10H2,1-4H3,(H,17,20)/t12?,13-,16?/m0/s1. The predicted molar refractivity (Wildman–Crippen MR) is 80.5 cm³/mol. The Morgan fingerprint density at radius 2 is 1.95 bits per heavy atom. The Labute approximate surface area is 127 Å². The zero-order valence-corrected chi connectivity index (χ0v) is 13.6. The van der Waals surface area contributed by atoms with Gasteiger partial charge >= 0.3 is 0 Å². The van der Waals surface area contributed by atoms with Crippen LogP contribution in [0.25, 0.3) is 0 Å². The lowest BCUT2D eigenvalue weighted by Gasteiger charge is -2.43. The van der Waals surface area contributed by atoms with Crippen LogP contribution in [0, 0.1) is 5.92 Å². The molecule has 1 atom stereocenters. The second-order valence-electron chi connectivity index (χ2n) is 6.74. The Kier molecular flexibility index (Phi) is 4.91. The molecule has 120 valence electrons. The van der Waals surface area contributed by atoms with Gasteiger partial charge in [-0.3, -0.25) is 14.5 Å². The summed E-state index contributed by atoms with van der Waals surface area (Å²) in [4.78, 5) is 26.6. The second-order valence-corrected chi connectivity index (χ2v) is 6.74. The zero-order valence-electron chi connectivity index (χ0n) is 13.6. The fraction of sp³-hybridized carbons (Fsp3) is 0.875. The van der Waals surface area contributed by atoms with E-state index in [2.05, 4.69) is 12.2 Å². The van der Waals surface area contributed by atoms with Gasteiger partial charge in [0.1, 0.15) is 11.8 Å². The summed E-state index contributed by atoms with van der Waals surface area (Å²) in [5.41, 5.74) is -0.543. The van der Waals surface area contributed by atoms with Gasteiger partial charge in [0.2, 0.25) is 11.8 Å². The molecule has 21 heavy (non-hydrogen) atoms. The molecule has 0 unspecified atom stereocenters. The number of rotatable bonds is 3. The van der Waals surface area contributed by atoms with Crippen LogP contribution >= 0.6 is 0 Å². The third-order valence-electron chi connectivity index (χ3n) is 4.62. The molecule has 1 aliphatic heterocycles. The lowest BCUT2D eigenvalue weighted by Crippen LogP contribution is -2.57. The van der Waals surface area contributed by atoms with Crippen LogP contribution in [-0.4, -0.2) is 41.1 Å². The van der Waals surface area contributed by atoms with Crippen LogP contribution in [0.4, 0.5) is 0 Å². The van der Waals surface area contributed by atoms with Gasteiger partial charge in [0.05, 0.1) is 6.61 Å². The lowest BCUT2D eigenvalue weighted by atomic mass is 9.83. The Bertz CT molecular complexity index is 400. The number of carbonyl (C=O) groups excluding carboxylic acids is 2. The van der Waals surface area contributed by atoms with Crippen molar-refractivity contribution in [1.82, 2.24) is 10.2 Å². The zero-order chi connectivity index (χ0) is 15.6. The van der Waals surface area contributed by atoms with Crippen LogP contribution < -0.4 is 5.32 Å². The minimum atomic E-state index is -0.543. The maximum absolute atomic E-state index is 12.4. The van der Waals surface area contributed by atoms with Crippen molar-refractivity contribution in [3.63, 3.8) is 0 Å². The number of ether oxygens (including phenoxy) is 1. The first-order valence-electron chi connectivity index (χ1n) is 8.16. The van der Waals surface area contributed by atoms with Crippen LogP contribution in [-0.2, 0) is 14.3 Å². The Balaban J connectivity index is 2.20. The topological polar surface area (TPSA) is 58.6 Å². The van der Waals surface area contributed by atoms with E-state index in [-0.39, 0.29) is 17.9 Å². The summed E-state index contributed by atoms with van der Waals surface area (Å²) < 4.78 is 6.02. The largest absolute Gasteiger partial charge is 0.353 e. The van der Waals surface area contributed by atoms with Gasteiger partial charge in [-0.15, -0.1) is 0 Å². The molecule has 2 aliphatic rings. The molecule has 5 nitrogen and oxygen atoms in total. The molecule has 2 rings (SSSR count). The predicted octanol–water partition coefficient (Wildman–Crippen LogP) is 2.05. The fourth-order valence-corrected chi connectivity index (χ4v) is 3.41. The average molecular weight is 296 g/mol. The minimum Gasteiger partial charge on any atom is -0.353 e. The molecule has 0 aromatic rings. The molecule has 1 saturated heterocycles. The van der Waals surface area contributed by atoms with Gasteiger partial charge in [0, 0.05) is 12.5 Å². The first-order valence-corrected chi connectivity index (χ1v) is 8.16. The molecule has 1 spiro atoms. The number of hydrogen-bond acceptors (Lipinski definition) is 3. The van der Waals surface area contributed by atoms with Crippen molar-refractivity contribution in [3.05, 3.63) is 0 Å². The molecule has 1 N–H and O–H groups in total. The summed E-state index contributed by atoms with van der Waals surface area (Å²) in [6.07, 6.45) is 4.18. The van der Waals surface area contributed by atoms with Gasteiger partial charge in [-0.05, 0) is 45.4 Å². The van der Waals surface area contributed by atoms with E-state index in [1.165, 1.54) is 0 Å². The number of nitrogens with zero attached hydrogens (tertiary/aromatic N) is 1. The van der Waals surface area contributed by atoms with Crippen LogP contribution in [0.2, 0.25) is 0 Å². The fourth-order valence-electron chi connectivity index (χ4n) is 3.41. The molecule has 1 heterocycles. The van der Waals surface area contributed by atoms with Crippen molar-refractivity contribution in [2.75, 3.05) is 6.61 Å². The van der Waals surface area contributed by atoms with Crippen molar-refractivity contribution in [3.8, 4) is 0 Å². The van der Waals surface area contributed by atoms with Crippen LogP contribution in [0.5, 0.6) is 0 Å². The first-order chi connectivity index (χ1) is 9.89. The number of nitrogens with one attached hydrogen (secondary N) is 1. The summed E-state index contributed by atoms with van der Waals surface area (Å²) in [6, 6.07) is -0.410. The normalized spacial score (nSPS) is 32.7. The highest BCUT2D eigenvalue weighted by atomic mass is 16.5. The van der Waals surface area contributed by atoms with E-state index >= 15 is 0 Å². The Morgan fingerprint density at radius 1 is 1.33 bits per heavy atom. The van der Waals surface area contributed by atoms with E-state index in [4.69, 9.17) is 4.74 Å². The summed E-state index contributed by atoms with van der Waals surface area (Å²) in [6.45, 7) is 8.25. The van der Waals surface area contributed by atoms with Crippen molar-refractivity contribution >= 4 is 11.8 Å². The SMILES string of the molecule is CCC(=O)N1[C@H](C(=O)NC(C)C)COC12CCC(C)CC2. The summed E-state index contributed by atoms with van der Waals surface area (Å²) >= 11 is 0. The monoisotopic (exact) mass is 296 g/mol. The molecule has 0 bridgehead atoms. The van der Waals surface area contributed by atoms with Crippen molar-refractivity contribution in [2.24, 2.45) is 5.92 Å². The second kappa shape index (κ2) is 6.34. The molecule has 1 aliphatic carbocycles. The van der Waals surface area contributed by atoms with Gasteiger partial charge in [0.15, 0.2) is 0 Å². The highest BCUT2D eigenvalue weighted by molar-refractivity contribution is 5.88. The van der Waals surface area contributed by atoms with E-state index < -0.39 is 11.8 Å². The lowest BCUT2D eigenvalue weighted by molar-refractivity contribution is -0.161. The summed E-state index contributed by atoms with van der Waals surface area (Å²) in [7, 11) is 0. The van der Waals surface area contributed by atoms with Crippen LogP contribution in [0.15, 0.2) is 0 Å². The Hall–Kier alpha value is -1.10. The maximum Gasteiger partial charge on any atom is 0.245 e. The molecule has 1 saturated carbocycles. The van der Waals surface area contributed by atoms with E-state index in [1.54, 1.807) is 4.90 Å². The van der Waals surface area contributed by atoms with Crippen molar-refractivity contribution in [2.45, 2.75) is 77.6 Å². The molecule has 2 fully saturated rings. The van der Waals surface area contributed by atoms with Gasteiger partial charge in [-0.2, -0.15) is 0 Å². The van der Waals surface area contributed by atoms with Crippen LogP contribution in [0.3, 0.4) is 0 Å². The Morgan fingerprint density at radius 3 is 2.48 bits per heavy atom. The van der Waals surface area contributed by atoms with E-state index in [0.717, 1.165) is 25.7 Å². The number of carbonyl (C=O) groups is 2. The van der Waals surface area contributed by atoms with E-state index in [0.29, 0.717) is 18.9 Å². The maximum atomic E-state index is 12.4. The summed E-state index contributed by atoms with van der Waals surface area (Å²) in [5.74, 6) is 0.592. The molecule has 0 aromatic carbocycles. The molecule has 0 aromatic heterocycles. The smallest absolute Gasteiger partial charge is 0.245 e. The highest BCUT2D eigenvalue weighted by Crippen LogP contribution is 2.42. The minimum absolute atomic E-state index is 0.0194. The molecule has 0 radical (unpaired) electrons. The quantitative estimate of drug-likeness (QED) is 0.867. The van der Waals surface area contributed by atoms with Crippen molar-refractivity contribution in [1.29, 1.82) is 0 Å². The van der Waals surface area contributed by atoms with Crippen molar-refractivity contribution < 1.29 is 14.3 Å². The van der Waals surface area contributed by atoms with Crippen LogP contribution in [0.1, 0.15) is 59.8 Å². The van der Waals surface area contributed by atoms with Gasteiger partial charge in [-0.1, -0.05) is 13.8 Å². The highest BCUT2D eigenvalue weighted by Gasteiger charge is 2.52. The molecular weight excluding hydrogens is 268 g/mol. The van der Waals surface area contributed by atoms with E-state index in [1.807, 2.05) is 20.8 Å². The van der Waals surface area contributed by atoms with E-state index in [9.17, 15) is 9.59 Å². The molecular formula is C16H28N2O3. The first kappa shape index (κ1) is 16.3. The third-order valence-corrected chi connectivity index (χ3v) is 4.62. The molecule has 2 amide bonds. The number of amides is 2. The average Bonchev–Trinajstić information content (AvgIpc) is 2.80. The van der Waals surface area contributed by atoms with Gasteiger partial charge < -0.3 is 10.1 Å².